The Bertz CT molecular complexity index is 423. The fraction of sp³-hybridized carbons (Fsp3) is 0.200. The molecule has 0 aliphatic carbocycles. The molecule has 14 heavy (non-hydrogen) atoms. The van der Waals surface area contributed by atoms with Crippen molar-refractivity contribution in [3.05, 3.63) is 35.6 Å². The fourth-order valence-electron chi connectivity index (χ4n) is 1.30. The summed E-state index contributed by atoms with van der Waals surface area (Å²) < 4.78 is 1.76. The molecule has 0 aliphatic heterocycles. The number of halogens is 1. The van der Waals surface area contributed by atoms with E-state index in [0.29, 0.717) is 5.15 Å². The first-order valence-electron chi connectivity index (χ1n) is 4.51. The molecule has 0 saturated carbocycles. The molecule has 0 radical (unpaired) electrons. The number of aryl methyl sites for hydroxylation is 1. The second-order valence-corrected chi connectivity index (χ2v) is 3.33. The molecule has 3 nitrogen and oxygen atoms in total. The van der Waals surface area contributed by atoms with Gasteiger partial charge in [-0.25, -0.2) is 0 Å². The van der Waals surface area contributed by atoms with Crippen LogP contribution in [0.3, 0.4) is 0 Å². The summed E-state index contributed by atoms with van der Waals surface area (Å²) in [6, 6.07) is 7.69. The van der Waals surface area contributed by atoms with Gasteiger partial charge in [0, 0.05) is 17.4 Å². The first-order valence-corrected chi connectivity index (χ1v) is 4.89. The van der Waals surface area contributed by atoms with Gasteiger partial charge in [0.05, 0.1) is 5.69 Å². The molecule has 2 aromatic rings. The van der Waals surface area contributed by atoms with Crippen LogP contribution >= 0.6 is 11.6 Å². The highest BCUT2D eigenvalue weighted by Crippen LogP contribution is 2.13. The molecule has 1 N–H and O–H groups in total. The second kappa shape index (κ2) is 3.80. The van der Waals surface area contributed by atoms with Crippen molar-refractivity contribution in [1.82, 2.24) is 10.1 Å². The van der Waals surface area contributed by atoms with Gasteiger partial charge in [-0.05, 0) is 36.7 Å². The van der Waals surface area contributed by atoms with Gasteiger partial charge in [0.25, 0.3) is 0 Å². The van der Waals surface area contributed by atoms with Gasteiger partial charge in [-0.1, -0.05) is 4.68 Å². The van der Waals surface area contributed by atoms with Crippen LogP contribution in [-0.2, 0) is 6.54 Å². The first-order chi connectivity index (χ1) is 6.81. The lowest BCUT2D eigenvalue weighted by molar-refractivity contribution is -0.747. The van der Waals surface area contributed by atoms with Gasteiger partial charge in [0.15, 0.2) is 12.2 Å². The lowest BCUT2D eigenvalue weighted by atomic mass is 10.3. The van der Waals surface area contributed by atoms with Gasteiger partial charge in [-0.15, -0.1) is 0 Å². The molecular weight excluding hydrogens is 198 g/mol. The molecule has 0 spiro atoms. The summed E-state index contributed by atoms with van der Waals surface area (Å²) in [6.45, 7) is 2.78. The molecule has 0 atom stereocenters. The van der Waals surface area contributed by atoms with Gasteiger partial charge in [-0.2, -0.15) is 0 Å². The smallest absolute Gasteiger partial charge is 0.300 e. The van der Waals surface area contributed by atoms with E-state index < -0.39 is 0 Å². The van der Waals surface area contributed by atoms with Crippen molar-refractivity contribution in [2.75, 3.05) is 0 Å². The van der Waals surface area contributed by atoms with Gasteiger partial charge in [0.1, 0.15) is 0 Å². The maximum atomic E-state index is 5.95. The van der Waals surface area contributed by atoms with Crippen molar-refractivity contribution in [2.24, 2.45) is 0 Å². The highest BCUT2D eigenvalue weighted by molar-refractivity contribution is 6.28. The number of aromatic amines is 1. The number of hydrogen-bond donors (Lipinski definition) is 1. The maximum Gasteiger partial charge on any atom is 0.300 e. The standard InChI is InChI=1S/C10H11ClN3/c1-2-14-10(11)6-5-9(13-14)8-4-3-7-12-8/h3-7,12H,2H2,1H3/q+1. The molecule has 2 rings (SSSR count). The summed E-state index contributed by atoms with van der Waals surface area (Å²) in [5.41, 5.74) is 1.91. The van der Waals surface area contributed by atoms with Crippen LogP contribution in [0, 0.1) is 0 Å². The number of nitrogens with one attached hydrogen (secondary N) is 1. The lowest BCUT2D eigenvalue weighted by Crippen LogP contribution is -2.38. The fourth-order valence-corrected chi connectivity index (χ4v) is 1.52. The topological polar surface area (TPSA) is 32.6 Å². The van der Waals surface area contributed by atoms with Gasteiger partial charge >= 0.3 is 5.15 Å². The Hall–Kier alpha value is -1.35. The lowest BCUT2D eigenvalue weighted by Gasteiger charge is -1.96. The Morgan fingerprint density at radius 1 is 1.43 bits per heavy atom. The van der Waals surface area contributed by atoms with Crippen LogP contribution in [0.2, 0.25) is 5.15 Å². The van der Waals surface area contributed by atoms with Gasteiger partial charge < -0.3 is 4.98 Å². The third-order valence-corrected chi connectivity index (χ3v) is 2.35. The minimum absolute atomic E-state index is 0.655. The largest absolute Gasteiger partial charge is 0.360 e. The number of aromatic nitrogens is 3. The van der Waals surface area contributed by atoms with E-state index in [-0.39, 0.29) is 0 Å². The molecule has 0 aromatic carbocycles. The summed E-state index contributed by atoms with van der Waals surface area (Å²) in [5.74, 6) is 0. The molecule has 0 aliphatic rings. The highest BCUT2D eigenvalue weighted by atomic mass is 35.5. The number of hydrogen-bond acceptors (Lipinski definition) is 1. The highest BCUT2D eigenvalue weighted by Gasteiger charge is 2.10. The van der Waals surface area contributed by atoms with Crippen LogP contribution in [0.5, 0.6) is 0 Å². The molecule has 4 heteroatoms. The molecule has 0 unspecified atom stereocenters. The minimum Gasteiger partial charge on any atom is -0.360 e. The van der Waals surface area contributed by atoms with Crippen LogP contribution in [0.15, 0.2) is 30.5 Å². The molecule has 0 bridgehead atoms. The van der Waals surface area contributed by atoms with Crippen LogP contribution in [0.25, 0.3) is 11.4 Å². The van der Waals surface area contributed by atoms with E-state index in [0.717, 1.165) is 17.9 Å². The third-order valence-electron chi connectivity index (χ3n) is 2.03. The molecule has 0 fully saturated rings. The van der Waals surface area contributed by atoms with E-state index in [1.165, 1.54) is 0 Å². The average molecular weight is 209 g/mol. The van der Waals surface area contributed by atoms with Crippen molar-refractivity contribution in [2.45, 2.75) is 13.5 Å². The van der Waals surface area contributed by atoms with Crippen LogP contribution < -0.4 is 4.68 Å². The first kappa shape index (κ1) is 9.21. The Labute approximate surface area is 87.3 Å². The van der Waals surface area contributed by atoms with Crippen molar-refractivity contribution in [1.29, 1.82) is 0 Å². The van der Waals surface area contributed by atoms with E-state index >= 15 is 0 Å². The van der Waals surface area contributed by atoms with E-state index in [4.69, 9.17) is 11.6 Å². The van der Waals surface area contributed by atoms with Crippen LogP contribution in [-0.4, -0.2) is 10.1 Å². The third kappa shape index (κ3) is 1.63. The predicted molar refractivity (Wildman–Crippen MR) is 54.9 cm³/mol. The number of H-pyrrole nitrogens is 1. The quantitative estimate of drug-likeness (QED) is 0.753. The van der Waals surface area contributed by atoms with Crippen LogP contribution in [0.1, 0.15) is 6.92 Å². The summed E-state index contributed by atoms with van der Waals surface area (Å²) >= 11 is 5.95. The van der Waals surface area contributed by atoms with Gasteiger partial charge in [0.2, 0.25) is 0 Å². The Balaban J connectivity index is 2.46. The Morgan fingerprint density at radius 2 is 2.29 bits per heavy atom. The summed E-state index contributed by atoms with van der Waals surface area (Å²) in [7, 11) is 0. The zero-order chi connectivity index (χ0) is 9.97. The van der Waals surface area contributed by atoms with Crippen molar-refractivity contribution >= 4 is 11.6 Å². The van der Waals surface area contributed by atoms with Crippen molar-refractivity contribution in [3.63, 3.8) is 0 Å². The normalized spacial score (nSPS) is 10.4. The molecular formula is C10H11ClN3+. The summed E-state index contributed by atoms with van der Waals surface area (Å²) in [5, 5.41) is 5.04. The van der Waals surface area contributed by atoms with E-state index in [2.05, 4.69) is 10.1 Å². The molecule has 0 saturated heterocycles. The second-order valence-electron chi connectivity index (χ2n) is 2.94. The summed E-state index contributed by atoms with van der Waals surface area (Å²) in [6.07, 6.45) is 1.88. The molecule has 72 valence electrons. The molecule has 2 heterocycles. The zero-order valence-corrected chi connectivity index (χ0v) is 8.62. The van der Waals surface area contributed by atoms with Crippen LogP contribution in [0.4, 0.5) is 0 Å². The summed E-state index contributed by atoms with van der Waals surface area (Å²) in [4.78, 5) is 3.11. The van der Waals surface area contributed by atoms with Crippen molar-refractivity contribution < 1.29 is 4.68 Å². The maximum absolute atomic E-state index is 5.95. The van der Waals surface area contributed by atoms with E-state index in [1.54, 1.807) is 4.68 Å². The monoisotopic (exact) mass is 208 g/mol. The van der Waals surface area contributed by atoms with Crippen molar-refractivity contribution in [3.8, 4) is 11.4 Å². The van der Waals surface area contributed by atoms with Gasteiger partial charge in [-0.3, -0.25) is 0 Å². The Kier molecular flexibility index (Phi) is 2.50. The van der Waals surface area contributed by atoms with E-state index in [9.17, 15) is 0 Å². The SMILES string of the molecule is CC[n+]1nc(-c2ccc[nH]2)ccc1Cl. The average Bonchev–Trinajstić information content (AvgIpc) is 2.71. The molecule has 0 amide bonds. The zero-order valence-electron chi connectivity index (χ0n) is 7.87. The Morgan fingerprint density at radius 3 is 2.93 bits per heavy atom. The van der Waals surface area contributed by atoms with E-state index in [1.807, 2.05) is 37.4 Å². The minimum atomic E-state index is 0.655. The molecule has 2 aromatic heterocycles. The number of nitrogens with zero attached hydrogens (tertiary/aromatic N) is 2. The predicted octanol–water partition coefficient (Wildman–Crippen LogP) is 2.04. The number of rotatable bonds is 2.